The lowest BCUT2D eigenvalue weighted by molar-refractivity contribution is -0.137. The maximum absolute atomic E-state index is 14.8. The Hall–Kier alpha value is -4.93. The molecule has 0 aliphatic carbocycles. The molecule has 10 heteroatoms. The van der Waals surface area contributed by atoms with Gasteiger partial charge in [0.15, 0.2) is 0 Å². The van der Waals surface area contributed by atoms with Crippen LogP contribution in [0, 0.1) is 11.7 Å². The third-order valence-corrected chi connectivity index (χ3v) is 10.4. The fourth-order valence-electron chi connectivity index (χ4n) is 7.39. The normalized spacial score (nSPS) is 16.2. The Bertz CT molecular complexity index is 1780. The molecule has 0 radical (unpaired) electrons. The van der Waals surface area contributed by atoms with Crippen LogP contribution in [0.1, 0.15) is 36.5 Å². The number of nitrogens with one attached hydrogen (secondary N) is 1. The summed E-state index contributed by atoms with van der Waals surface area (Å²) in [6.07, 6.45) is 1.81. The highest BCUT2D eigenvalue weighted by atomic mass is 19.1. The second-order valence-corrected chi connectivity index (χ2v) is 13.8. The van der Waals surface area contributed by atoms with Gasteiger partial charge in [0.1, 0.15) is 30.0 Å². The summed E-state index contributed by atoms with van der Waals surface area (Å²) in [4.78, 5) is 33.8. The highest BCUT2D eigenvalue weighted by Crippen LogP contribution is 2.30. The fourth-order valence-corrected chi connectivity index (χ4v) is 7.39. The lowest BCUT2D eigenvalue weighted by atomic mass is 9.88. The van der Waals surface area contributed by atoms with Gasteiger partial charge in [-0.2, -0.15) is 0 Å². The van der Waals surface area contributed by atoms with Gasteiger partial charge in [0.05, 0.1) is 13.7 Å². The second-order valence-electron chi connectivity index (χ2n) is 13.8. The van der Waals surface area contributed by atoms with Gasteiger partial charge in [0, 0.05) is 44.8 Å². The number of piperidine rings is 1. The van der Waals surface area contributed by atoms with E-state index in [0.717, 1.165) is 50.2 Å². The van der Waals surface area contributed by atoms with Crippen LogP contribution in [0.25, 0.3) is 11.1 Å². The van der Waals surface area contributed by atoms with Gasteiger partial charge in [-0.05, 0) is 91.7 Å². The molecule has 0 bridgehead atoms. The van der Waals surface area contributed by atoms with Crippen LogP contribution in [0.5, 0.6) is 11.5 Å². The Balaban J connectivity index is 1.08. The Morgan fingerprint density at radius 2 is 1.57 bits per heavy atom. The average Bonchev–Trinajstić information content (AvgIpc) is 3.20. The van der Waals surface area contributed by atoms with Gasteiger partial charge in [-0.1, -0.05) is 72.8 Å². The zero-order valence-electron chi connectivity index (χ0n) is 30.8. The molecule has 6 rings (SSSR count). The SMILES string of the molecule is CCOc1cccc(F)c1CN1CCN(C(=O)[C@H](NC(=O)OCc2ccccc2)C2CCN(CCc3cc(OC)ccc3-c3ccccc3)CC2)CC1. The summed E-state index contributed by atoms with van der Waals surface area (Å²) < 4.78 is 31.6. The number of hydrogen-bond acceptors (Lipinski definition) is 7. The number of alkyl carbamates (subject to hydrolysis) is 1. The van der Waals surface area contributed by atoms with Gasteiger partial charge in [0.2, 0.25) is 5.91 Å². The van der Waals surface area contributed by atoms with Gasteiger partial charge >= 0.3 is 6.09 Å². The maximum atomic E-state index is 14.8. The van der Waals surface area contributed by atoms with Crippen LogP contribution >= 0.6 is 0 Å². The number of ether oxygens (including phenoxy) is 3. The van der Waals surface area contributed by atoms with Gasteiger partial charge < -0.3 is 29.3 Å². The fraction of sp³-hybridized carbons (Fsp3) is 0.395. The van der Waals surface area contributed by atoms with Crippen molar-refractivity contribution < 1.29 is 28.2 Å². The summed E-state index contributed by atoms with van der Waals surface area (Å²) in [5.74, 6) is 0.970. The van der Waals surface area contributed by atoms with Gasteiger partial charge in [0.25, 0.3) is 0 Å². The van der Waals surface area contributed by atoms with E-state index in [1.165, 1.54) is 22.8 Å². The van der Waals surface area contributed by atoms with Crippen LogP contribution in [-0.4, -0.2) is 92.3 Å². The Labute approximate surface area is 312 Å². The number of carbonyl (C=O) groups is 2. The largest absolute Gasteiger partial charge is 0.497 e. The molecule has 4 aromatic carbocycles. The molecule has 2 amide bonds. The molecular formula is C43H51FN4O5. The van der Waals surface area contributed by atoms with Gasteiger partial charge in [-0.3, -0.25) is 9.69 Å². The number of methoxy groups -OCH3 is 1. The number of piperazine rings is 1. The molecule has 280 valence electrons. The highest BCUT2D eigenvalue weighted by molar-refractivity contribution is 5.86. The molecule has 1 atom stereocenters. The number of carbonyl (C=O) groups excluding carboxylic acids is 2. The summed E-state index contributed by atoms with van der Waals surface area (Å²) >= 11 is 0. The molecule has 4 aromatic rings. The van der Waals surface area contributed by atoms with Crippen molar-refractivity contribution in [2.45, 2.75) is 45.4 Å². The number of rotatable bonds is 14. The van der Waals surface area contributed by atoms with E-state index in [1.807, 2.05) is 54.3 Å². The maximum Gasteiger partial charge on any atom is 0.408 e. The minimum absolute atomic E-state index is 0.0371. The highest BCUT2D eigenvalue weighted by Gasteiger charge is 2.37. The number of benzene rings is 4. The summed E-state index contributed by atoms with van der Waals surface area (Å²) in [6.45, 7) is 7.52. The first-order valence-electron chi connectivity index (χ1n) is 18.7. The van der Waals surface area contributed by atoms with Crippen molar-refractivity contribution in [1.82, 2.24) is 20.0 Å². The predicted molar refractivity (Wildman–Crippen MR) is 204 cm³/mol. The lowest BCUT2D eigenvalue weighted by Gasteiger charge is -2.40. The number of hydrogen-bond donors (Lipinski definition) is 1. The minimum Gasteiger partial charge on any atom is -0.497 e. The number of nitrogens with zero attached hydrogens (tertiary/aromatic N) is 3. The first kappa shape index (κ1) is 37.8. The van der Waals surface area contributed by atoms with E-state index in [0.29, 0.717) is 50.6 Å². The van der Waals surface area contributed by atoms with E-state index in [1.54, 1.807) is 19.2 Å². The quantitative estimate of drug-likeness (QED) is 0.154. The molecule has 9 nitrogen and oxygen atoms in total. The Morgan fingerprint density at radius 3 is 2.26 bits per heavy atom. The van der Waals surface area contributed by atoms with E-state index < -0.39 is 12.1 Å². The zero-order chi connectivity index (χ0) is 37.0. The van der Waals surface area contributed by atoms with Crippen LogP contribution < -0.4 is 14.8 Å². The zero-order valence-corrected chi connectivity index (χ0v) is 30.8. The van der Waals surface area contributed by atoms with E-state index in [2.05, 4.69) is 51.5 Å². The second kappa shape index (κ2) is 18.7. The van der Waals surface area contributed by atoms with E-state index in [-0.39, 0.29) is 24.2 Å². The Kier molecular flexibility index (Phi) is 13.4. The van der Waals surface area contributed by atoms with E-state index in [9.17, 15) is 14.0 Å². The van der Waals surface area contributed by atoms with Crippen LogP contribution in [-0.2, 0) is 29.1 Å². The van der Waals surface area contributed by atoms with Crippen LogP contribution in [0.2, 0.25) is 0 Å². The Morgan fingerprint density at radius 1 is 0.849 bits per heavy atom. The number of amides is 2. The molecule has 0 aromatic heterocycles. The van der Waals surface area contributed by atoms with Gasteiger partial charge in [-0.15, -0.1) is 0 Å². The molecule has 53 heavy (non-hydrogen) atoms. The summed E-state index contributed by atoms with van der Waals surface area (Å²) in [6, 6.07) is 30.4. The average molecular weight is 723 g/mol. The monoisotopic (exact) mass is 722 g/mol. The van der Waals surface area contributed by atoms with Crippen molar-refractivity contribution in [3.63, 3.8) is 0 Å². The molecule has 2 heterocycles. The summed E-state index contributed by atoms with van der Waals surface area (Å²) in [5.41, 5.74) is 5.03. The first-order valence-corrected chi connectivity index (χ1v) is 18.7. The molecule has 1 N–H and O–H groups in total. The molecule has 2 aliphatic heterocycles. The van der Waals surface area contributed by atoms with Crippen molar-refractivity contribution in [3.8, 4) is 22.6 Å². The molecule has 0 saturated carbocycles. The van der Waals surface area contributed by atoms with Crippen molar-refractivity contribution in [1.29, 1.82) is 0 Å². The first-order chi connectivity index (χ1) is 25.9. The summed E-state index contributed by atoms with van der Waals surface area (Å²) in [7, 11) is 1.69. The summed E-state index contributed by atoms with van der Waals surface area (Å²) in [5, 5.41) is 2.98. The third-order valence-electron chi connectivity index (χ3n) is 10.4. The van der Waals surface area contributed by atoms with Crippen molar-refractivity contribution in [3.05, 3.63) is 120 Å². The smallest absolute Gasteiger partial charge is 0.408 e. The molecule has 0 unspecified atom stereocenters. The molecule has 2 saturated heterocycles. The van der Waals surface area contributed by atoms with Crippen LogP contribution in [0.15, 0.2) is 97.1 Å². The van der Waals surface area contributed by atoms with Crippen molar-refractivity contribution in [2.24, 2.45) is 5.92 Å². The van der Waals surface area contributed by atoms with Gasteiger partial charge in [-0.25, -0.2) is 9.18 Å². The van der Waals surface area contributed by atoms with E-state index in [4.69, 9.17) is 14.2 Å². The molecule has 2 aliphatic rings. The number of likely N-dealkylation sites (tertiary alicyclic amines) is 1. The van der Waals surface area contributed by atoms with Crippen molar-refractivity contribution >= 4 is 12.0 Å². The lowest BCUT2D eigenvalue weighted by Crippen LogP contribution is -2.58. The predicted octanol–water partition coefficient (Wildman–Crippen LogP) is 6.79. The standard InChI is InChI=1S/C43H51FN4O5/c1-3-52-40-16-10-15-39(44)38(40)30-47-25-27-48(28-26-47)42(49)41(45-43(50)53-31-32-11-6-4-7-12-32)34-19-22-46(23-20-34)24-21-35-29-36(51-2)17-18-37(35)33-13-8-5-9-14-33/h4-18,29,34,41H,3,19-28,30-31H2,1-2H3,(H,45,50)/t41-/m1/s1. The third kappa shape index (κ3) is 10.1. The van der Waals surface area contributed by atoms with Crippen molar-refractivity contribution in [2.75, 3.05) is 59.5 Å². The topological polar surface area (TPSA) is 83.6 Å². The molecule has 0 spiro atoms. The minimum atomic E-state index is -0.703. The van der Waals surface area contributed by atoms with E-state index >= 15 is 0 Å². The van der Waals surface area contributed by atoms with Crippen LogP contribution in [0.3, 0.4) is 0 Å². The van der Waals surface area contributed by atoms with Crippen LogP contribution in [0.4, 0.5) is 9.18 Å². The molecular weight excluding hydrogens is 671 g/mol. The number of halogens is 1. The molecule has 2 fully saturated rings.